The van der Waals surface area contributed by atoms with Crippen LogP contribution in [0.2, 0.25) is 10.0 Å². The molecule has 0 aliphatic carbocycles. The molecule has 0 heterocycles. The van der Waals surface area contributed by atoms with Gasteiger partial charge in [-0.15, -0.1) is 0 Å². The van der Waals surface area contributed by atoms with Gasteiger partial charge in [0.25, 0.3) is 11.8 Å². The lowest BCUT2D eigenvalue weighted by Crippen LogP contribution is -2.50. The van der Waals surface area contributed by atoms with Crippen LogP contribution in [0.4, 0.5) is 0 Å². The normalized spacial score (nSPS) is 12.4. The smallest absolute Gasteiger partial charge is 0.262 e. The van der Waals surface area contributed by atoms with Crippen LogP contribution in [0, 0.1) is 0 Å². The first-order valence-corrected chi connectivity index (χ1v) is 12.7. The Labute approximate surface area is 231 Å². The second kappa shape index (κ2) is 14.3. The van der Waals surface area contributed by atoms with E-state index in [0.717, 1.165) is 5.56 Å². The van der Waals surface area contributed by atoms with Gasteiger partial charge in [-0.3, -0.25) is 9.59 Å². The third-order valence-electron chi connectivity index (χ3n) is 5.36. The average molecular weight is 558 g/mol. The van der Waals surface area contributed by atoms with Gasteiger partial charge in [0.2, 0.25) is 0 Å². The number of rotatable bonds is 12. The molecule has 0 saturated heterocycles. The monoisotopic (exact) mass is 557 g/mol. The van der Waals surface area contributed by atoms with Crippen molar-refractivity contribution in [3.05, 3.63) is 87.9 Å². The molecule has 0 aliphatic rings. The van der Waals surface area contributed by atoms with Crippen LogP contribution in [0.1, 0.15) is 25.0 Å². The lowest BCUT2D eigenvalue weighted by Gasteiger charge is -2.21. The second-order valence-corrected chi connectivity index (χ2v) is 9.01. The Morgan fingerprint density at radius 2 is 1.71 bits per heavy atom. The molecule has 0 bridgehead atoms. The predicted molar refractivity (Wildman–Crippen MR) is 149 cm³/mol. The topological polar surface area (TPSA) is 98.2 Å². The van der Waals surface area contributed by atoms with Crippen molar-refractivity contribution in [2.45, 2.75) is 32.4 Å². The maximum absolute atomic E-state index is 13.1. The zero-order valence-electron chi connectivity index (χ0n) is 21.2. The molecular weight excluding hydrogens is 529 g/mol. The van der Waals surface area contributed by atoms with Crippen molar-refractivity contribution < 1.29 is 23.8 Å². The maximum atomic E-state index is 13.1. The summed E-state index contributed by atoms with van der Waals surface area (Å²) in [6, 6.07) is 18.4. The first kappa shape index (κ1) is 28.8. The van der Waals surface area contributed by atoms with E-state index in [4.69, 9.17) is 37.4 Å². The van der Waals surface area contributed by atoms with Gasteiger partial charge < -0.3 is 19.5 Å². The van der Waals surface area contributed by atoms with Crippen LogP contribution in [0.3, 0.4) is 0 Å². The first-order chi connectivity index (χ1) is 18.3. The average Bonchev–Trinajstić information content (AvgIpc) is 2.90. The fourth-order valence-corrected chi connectivity index (χ4v) is 3.91. The van der Waals surface area contributed by atoms with Crippen molar-refractivity contribution in [2.75, 3.05) is 13.7 Å². The standard InChI is InChI=1S/C28H29Cl2N3O5/c1-4-37-26-15-20(10-12-25(26)36-3)17-31-33-28(35)23(14-19-8-6-5-7-9-19)32-27(34)18(2)38-24-13-11-21(29)16-22(24)30/h5-13,15-18,23H,4,14H2,1-3H3,(H,32,34)(H,33,35)/b31-17-/t18-,23+/m1/s1. The molecule has 0 aromatic heterocycles. The predicted octanol–water partition coefficient (Wildman–Crippen LogP) is 5.05. The second-order valence-electron chi connectivity index (χ2n) is 8.16. The first-order valence-electron chi connectivity index (χ1n) is 11.9. The number of nitrogens with one attached hydrogen (secondary N) is 2. The van der Waals surface area contributed by atoms with E-state index in [1.54, 1.807) is 44.4 Å². The molecule has 0 unspecified atom stereocenters. The summed E-state index contributed by atoms with van der Waals surface area (Å²) in [7, 11) is 1.56. The molecule has 0 fully saturated rings. The summed E-state index contributed by atoms with van der Waals surface area (Å²) in [5.74, 6) is 0.476. The zero-order valence-corrected chi connectivity index (χ0v) is 22.8. The molecule has 0 aliphatic heterocycles. The van der Waals surface area contributed by atoms with E-state index < -0.39 is 24.0 Å². The van der Waals surface area contributed by atoms with E-state index in [9.17, 15) is 9.59 Å². The number of amides is 2. The van der Waals surface area contributed by atoms with Gasteiger partial charge in [0.05, 0.1) is 25.0 Å². The lowest BCUT2D eigenvalue weighted by molar-refractivity contribution is -0.132. The van der Waals surface area contributed by atoms with E-state index in [0.29, 0.717) is 34.4 Å². The van der Waals surface area contributed by atoms with E-state index >= 15 is 0 Å². The summed E-state index contributed by atoms with van der Waals surface area (Å²) in [5.41, 5.74) is 4.07. The van der Waals surface area contributed by atoms with Crippen molar-refractivity contribution in [2.24, 2.45) is 5.10 Å². The van der Waals surface area contributed by atoms with Crippen molar-refractivity contribution in [3.63, 3.8) is 0 Å². The highest BCUT2D eigenvalue weighted by Gasteiger charge is 2.25. The molecule has 0 saturated carbocycles. The van der Waals surface area contributed by atoms with Gasteiger partial charge in [-0.1, -0.05) is 53.5 Å². The minimum Gasteiger partial charge on any atom is -0.493 e. The summed E-state index contributed by atoms with van der Waals surface area (Å²) in [6.07, 6.45) is 0.800. The number of nitrogens with zero attached hydrogens (tertiary/aromatic N) is 1. The number of carbonyl (C=O) groups excluding carboxylic acids is 2. The van der Waals surface area contributed by atoms with E-state index in [2.05, 4.69) is 15.8 Å². The number of hydrazone groups is 1. The molecule has 8 nitrogen and oxygen atoms in total. The van der Waals surface area contributed by atoms with Crippen LogP contribution in [-0.2, 0) is 16.0 Å². The van der Waals surface area contributed by atoms with Crippen LogP contribution in [-0.4, -0.2) is 43.9 Å². The van der Waals surface area contributed by atoms with Crippen molar-refractivity contribution >= 4 is 41.2 Å². The van der Waals surface area contributed by atoms with Crippen LogP contribution in [0.5, 0.6) is 17.2 Å². The number of halogens is 2. The molecule has 0 spiro atoms. The molecule has 2 N–H and O–H groups in total. The fraction of sp³-hybridized carbons (Fsp3) is 0.250. The molecular formula is C28H29Cl2N3O5. The third-order valence-corrected chi connectivity index (χ3v) is 5.89. The Bertz CT molecular complexity index is 1270. The summed E-state index contributed by atoms with van der Waals surface area (Å²) in [5, 5.41) is 7.54. The molecule has 2 atom stereocenters. The number of hydrogen-bond acceptors (Lipinski definition) is 6. The maximum Gasteiger partial charge on any atom is 0.262 e. The van der Waals surface area contributed by atoms with Crippen molar-refractivity contribution in [1.29, 1.82) is 0 Å². The zero-order chi connectivity index (χ0) is 27.5. The minimum atomic E-state index is -0.931. The lowest BCUT2D eigenvalue weighted by atomic mass is 10.1. The van der Waals surface area contributed by atoms with Crippen molar-refractivity contribution in [3.8, 4) is 17.2 Å². The molecule has 3 aromatic rings. The minimum absolute atomic E-state index is 0.249. The number of carbonyl (C=O) groups is 2. The summed E-state index contributed by atoms with van der Waals surface area (Å²) in [6.45, 7) is 3.91. The highest BCUT2D eigenvalue weighted by atomic mass is 35.5. The number of hydrogen-bond donors (Lipinski definition) is 2. The van der Waals surface area contributed by atoms with E-state index in [1.165, 1.54) is 12.3 Å². The van der Waals surface area contributed by atoms with Gasteiger partial charge in [-0.25, -0.2) is 5.43 Å². The van der Waals surface area contributed by atoms with Crippen LogP contribution in [0.15, 0.2) is 71.8 Å². The Hall–Kier alpha value is -3.75. The Morgan fingerprint density at radius 3 is 2.39 bits per heavy atom. The Balaban J connectivity index is 1.70. The van der Waals surface area contributed by atoms with Crippen LogP contribution < -0.4 is 25.0 Å². The van der Waals surface area contributed by atoms with Gasteiger partial charge in [0, 0.05) is 11.4 Å². The van der Waals surface area contributed by atoms with Gasteiger partial charge in [0.1, 0.15) is 11.8 Å². The molecule has 2 amide bonds. The Morgan fingerprint density at radius 1 is 0.974 bits per heavy atom. The van der Waals surface area contributed by atoms with Gasteiger partial charge in [-0.05, 0) is 61.4 Å². The van der Waals surface area contributed by atoms with Gasteiger partial charge in [-0.2, -0.15) is 5.10 Å². The number of methoxy groups -OCH3 is 1. The molecule has 10 heteroatoms. The summed E-state index contributed by atoms with van der Waals surface area (Å²) in [4.78, 5) is 26.0. The Kier molecular flexibility index (Phi) is 10.8. The van der Waals surface area contributed by atoms with Crippen LogP contribution >= 0.6 is 23.2 Å². The molecule has 3 aromatic carbocycles. The fourth-order valence-electron chi connectivity index (χ4n) is 3.45. The van der Waals surface area contributed by atoms with Crippen molar-refractivity contribution in [1.82, 2.24) is 10.7 Å². The number of benzene rings is 3. The molecule has 200 valence electrons. The van der Waals surface area contributed by atoms with E-state index in [1.807, 2.05) is 37.3 Å². The molecule has 38 heavy (non-hydrogen) atoms. The number of ether oxygens (including phenoxy) is 3. The van der Waals surface area contributed by atoms with Gasteiger partial charge in [0.15, 0.2) is 17.6 Å². The molecule has 0 radical (unpaired) electrons. The highest BCUT2D eigenvalue weighted by Crippen LogP contribution is 2.29. The SMILES string of the molecule is CCOc1cc(/C=N\NC(=O)[C@H](Cc2ccccc2)NC(=O)[C@@H](C)Oc2ccc(Cl)cc2Cl)ccc1OC. The summed E-state index contributed by atoms with van der Waals surface area (Å²) >= 11 is 12.1. The quantitative estimate of drug-likeness (QED) is 0.240. The summed E-state index contributed by atoms with van der Waals surface area (Å²) < 4.78 is 16.6. The highest BCUT2D eigenvalue weighted by molar-refractivity contribution is 6.35. The largest absolute Gasteiger partial charge is 0.493 e. The third kappa shape index (κ3) is 8.39. The molecule has 3 rings (SSSR count). The van der Waals surface area contributed by atoms with Crippen LogP contribution in [0.25, 0.3) is 0 Å². The van der Waals surface area contributed by atoms with E-state index in [-0.39, 0.29) is 11.4 Å². The van der Waals surface area contributed by atoms with Gasteiger partial charge >= 0.3 is 0 Å².